The highest BCUT2D eigenvalue weighted by atomic mass is 16.5. The van der Waals surface area contributed by atoms with Crippen LogP contribution in [0.4, 0.5) is 11.5 Å². The minimum atomic E-state index is -0.491. The summed E-state index contributed by atoms with van der Waals surface area (Å²) in [6.45, 7) is 1.71. The Labute approximate surface area is 149 Å². The van der Waals surface area contributed by atoms with Gasteiger partial charge in [-0.3, -0.25) is 14.6 Å². The van der Waals surface area contributed by atoms with E-state index >= 15 is 0 Å². The van der Waals surface area contributed by atoms with Gasteiger partial charge in [0.15, 0.2) is 5.82 Å². The standard InChI is InChI=1S/C18H16N4O4/c1-11-8-16(22-26-11)21-18(24)15-9-12(6-7-19-15)17(23)20-13-4-3-5-14(10-13)25-2/h3-10H,1-2H3,(H,20,23)(H,21,22,24). The van der Waals surface area contributed by atoms with Gasteiger partial charge in [-0.05, 0) is 31.2 Å². The fraction of sp³-hybridized carbons (Fsp3) is 0.111. The summed E-state index contributed by atoms with van der Waals surface area (Å²) in [6, 6.07) is 11.5. The van der Waals surface area contributed by atoms with Crippen LogP contribution in [-0.2, 0) is 0 Å². The molecule has 0 aliphatic heterocycles. The van der Waals surface area contributed by atoms with E-state index < -0.39 is 5.91 Å². The van der Waals surface area contributed by atoms with Crippen molar-refractivity contribution in [3.8, 4) is 5.75 Å². The van der Waals surface area contributed by atoms with Crippen molar-refractivity contribution in [3.63, 3.8) is 0 Å². The predicted octanol–water partition coefficient (Wildman–Crippen LogP) is 2.89. The van der Waals surface area contributed by atoms with Gasteiger partial charge in [-0.15, -0.1) is 0 Å². The molecule has 1 aromatic carbocycles. The minimum absolute atomic E-state index is 0.0870. The molecule has 2 aromatic heterocycles. The number of hydrogen-bond acceptors (Lipinski definition) is 6. The van der Waals surface area contributed by atoms with Crippen molar-refractivity contribution >= 4 is 23.3 Å². The summed E-state index contributed by atoms with van der Waals surface area (Å²) in [5.41, 5.74) is 0.962. The summed E-state index contributed by atoms with van der Waals surface area (Å²) in [4.78, 5) is 28.6. The molecule has 0 saturated heterocycles. The number of nitrogens with one attached hydrogen (secondary N) is 2. The average molecular weight is 352 g/mol. The van der Waals surface area contributed by atoms with E-state index in [1.165, 1.54) is 18.3 Å². The molecule has 0 aliphatic rings. The van der Waals surface area contributed by atoms with Crippen molar-refractivity contribution in [1.82, 2.24) is 10.1 Å². The molecule has 2 heterocycles. The van der Waals surface area contributed by atoms with Crippen LogP contribution in [-0.4, -0.2) is 29.1 Å². The molecule has 26 heavy (non-hydrogen) atoms. The molecule has 0 aliphatic carbocycles. The second-order valence-corrected chi connectivity index (χ2v) is 5.39. The summed E-state index contributed by atoms with van der Waals surface area (Å²) in [5.74, 6) is 0.613. The lowest BCUT2D eigenvalue weighted by atomic mass is 10.2. The molecular formula is C18H16N4O4. The van der Waals surface area contributed by atoms with Gasteiger partial charge in [0.25, 0.3) is 11.8 Å². The van der Waals surface area contributed by atoms with E-state index in [2.05, 4.69) is 20.8 Å². The Hall–Kier alpha value is -3.68. The first kappa shape index (κ1) is 17.2. The third kappa shape index (κ3) is 4.04. The Morgan fingerprint density at radius 3 is 2.65 bits per heavy atom. The van der Waals surface area contributed by atoms with Crippen molar-refractivity contribution in [2.24, 2.45) is 0 Å². The number of ether oxygens (including phenoxy) is 1. The summed E-state index contributed by atoms with van der Waals surface area (Å²) in [6.07, 6.45) is 1.39. The molecular weight excluding hydrogens is 336 g/mol. The van der Waals surface area contributed by atoms with Crippen molar-refractivity contribution in [2.75, 3.05) is 17.7 Å². The molecule has 8 nitrogen and oxygen atoms in total. The molecule has 0 fully saturated rings. The molecule has 2 amide bonds. The lowest BCUT2D eigenvalue weighted by Gasteiger charge is -2.08. The molecule has 2 N–H and O–H groups in total. The van der Waals surface area contributed by atoms with E-state index in [0.717, 1.165) is 0 Å². The van der Waals surface area contributed by atoms with Crippen molar-refractivity contribution < 1.29 is 18.8 Å². The zero-order valence-electron chi connectivity index (χ0n) is 14.1. The van der Waals surface area contributed by atoms with Crippen LogP contribution in [0.25, 0.3) is 0 Å². The summed E-state index contributed by atoms with van der Waals surface area (Å²) in [5, 5.41) is 8.99. The Bertz CT molecular complexity index is 952. The summed E-state index contributed by atoms with van der Waals surface area (Å²) in [7, 11) is 1.55. The highest BCUT2D eigenvalue weighted by Gasteiger charge is 2.14. The van der Waals surface area contributed by atoms with Crippen LogP contribution < -0.4 is 15.4 Å². The topological polar surface area (TPSA) is 106 Å². The van der Waals surface area contributed by atoms with Crippen LogP contribution in [0, 0.1) is 6.92 Å². The number of nitrogens with zero attached hydrogens (tertiary/aromatic N) is 2. The minimum Gasteiger partial charge on any atom is -0.497 e. The number of rotatable bonds is 5. The van der Waals surface area contributed by atoms with Gasteiger partial charge in [0.2, 0.25) is 0 Å². The Kier molecular flexibility index (Phi) is 4.93. The van der Waals surface area contributed by atoms with Crippen LogP contribution in [0.15, 0.2) is 53.2 Å². The number of aromatic nitrogens is 2. The highest BCUT2D eigenvalue weighted by Crippen LogP contribution is 2.18. The normalized spacial score (nSPS) is 10.2. The second-order valence-electron chi connectivity index (χ2n) is 5.39. The van der Waals surface area contributed by atoms with Gasteiger partial charge in [-0.25, -0.2) is 0 Å². The van der Waals surface area contributed by atoms with Crippen LogP contribution in [0.1, 0.15) is 26.6 Å². The number of pyridine rings is 1. The lowest BCUT2D eigenvalue weighted by molar-refractivity contribution is 0.102. The third-order valence-corrected chi connectivity index (χ3v) is 3.45. The van der Waals surface area contributed by atoms with Crippen LogP contribution >= 0.6 is 0 Å². The Morgan fingerprint density at radius 2 is 1.92 bits per heavy atom. The van der Waals surface area contributed by atoms with Crippen molar-refractivity contribution in [1.29, 1.82) is 0 Å². The van der Waals surface area contributed by atoms with Gasteiger partial charge in [0, 0.05) is 29.6 Å². The number of benzene rings is 1. The fourth-order valence-corrected chi connectivity index (χ4v) is 2.21. The van der Waals surface area contributed by atoms with E-state index in [1.807, 2.05) is 0 Å². The number of methoxy groups -OCH3 is 1. The van der Waals surface area contributed by atoms with E-state index in [-0.39, 0.29) is 17.4 Å². The molecule has 3 rings (SSSR count). The zero-order valence-corrected chi connectivity index (χ0v) is 14.1. The number of carbonyl (C=O) groups is 2. The van der Waals surface area contributed by atoms with Gasteiger partial charge in [-0.1, -0.05) is 11.2 Å². The molecule has 0 atom stereocenters. The van der Waals surface area contributed by atoms with Gasteiger partial charge < -0.3 is 19.9 Å². The van der Waals surface area contributed by atoms with E-state index in [1.54, 1.807) is 44.4 Å². The number of anilines is 2. The van der Waals surface area contributed by atoms with Crippen LogP contribution in [0.3, 0.4) is 0 Å². The average Bonchev–Trinajstić information content (AvgIpc) is 3.06. The molecule has 0 saturated carbocycles. The smallest absolute Gasteiger partial charge is 0.275 e. The summed E-state index contributed by atoms with van der Waals surface area (Å²) < 4.78 is 10.0. The largest absolute Gasteiger partial charge is 0.497 e. The number of carbonyl (C=O) groups excluding carboxylic acids is 2. The first-order valence-corrected chi connectivity index (χ1v) is 7.71. The zero-order chi connectivity index (χ0) is 18.5. The monoisotopic (exact) mass is 352 g/mol. The highest BCUT2D eigenvalue weighted by molar-refractivity contribution is 6.07. The molecule has 0 spiro atoms. The molecule has 0 radical (unpaired) electrons. The third-order valence-electron chi connectivity index (χ3n) is 3.45. The molecule has 132 valence electrons. The predicted molar refractivity (Wildman–Crippen MR) is 94.4 cm³/mol. The second kappa shape index (κ2) is 7.47. The maximum absolute atomic E-state index is 12.4. The van der Waals surface area contributed by atoms with E-state index in [4.69, 9.17) is 9.26 Å². The number of hydrogen-bond donors (Lipinski definition) is 2. The van der Waals surface area contributed by atoms with Crippen LogP contribution in [0.5, 0.6) is 5.75 Å². The quantitative estimate of drug-likeness (QED) is 0.731. The Morgan fingerprint density at radius 1 is 1.08 bits per heavy atom. The van der Waals surface area contributed by atoms with Crippen molar-refractivity contribution in [2.45, 2.75) is 6.92 Å². The molecule has 0 unspecified atom stereocenters. The molecule has 0 bridgehead atoms. The van der Waals surface area contributed by atoms with Gasteiger partial charge in [0.05, 0.1) is 7.11 Å². The van der Waals surface area contributed by atoms with Gasteiger partial charge in [-0.2, -0.15) is 0 Å². The van der Waals surface area contributed by atoms with Gasteiger partial charge in [0.1, 0.15) is 17.2 Å². The molecule has 3 aromatic rings. The lowest BCUT2D eigenvalue weighted by Crippen LogP contribution is -2.17. The maximum atomic E-state index is 12.4. The first-order chi connectivity index (χ1) is 12.5. The van der Waals surface area contributed by atoms with E-state index in [0.29, 0.717) is 22.8 Å². The molecule has 8 heteroatoms. The maximum Gasteiger partial charge on any atom is 0.275 e. The Balaban J connectivity index is 1.73. The van der Waals surface area contributed by atoms with E-state index in [9.17, 15) is 9.59 Å². The summed E-state index contributed by atoms with van der Waals surface area (Å²) >= 11 is 0. The van der Waals surface area contributed by atoms with Crippen LogP contribution in [0.2, 0.25) is 0 Å². The number of amides is 2. The fourth-order valence-electron chi connectivity index (χ4n) is 2.21. The SMILES string of the molecule is COc1cccc(NC(=O)c2ccnc(C(=O)Nc3cc(C)on3)c2)c1. The number of aryl methyl sites for hydroxylation is 1. The van der Waals surface area contributed by atoms with Gasteiger partial charge >= 0.3 is 0 Å². The van der Waals surface area contributed by atoms with Crippen molar-refractivity contribution in [3.05, 3.63) is 65.7 Å². The first-order valence-electron chi connectivity index (χ1n) is 7.71.